The number of nitrogens with one attached hydrogen (secondary N) is 1. The van der Waals surface area contributed by atoms with E-state index < -0.39 is 23.6 Å². The summed E-state index contributed by atoms with van der Waals surface area (Å²) in [7, 11) is 0. The molecule has 0 radical (unpaired) electrons. The van der Waals surface area contributed by atoms with E-state index in [-0.39, 0.29) is 12.5 Å². The first-order chi connectivity index (χ1) is 22.9. The zero-order valence-corrected chi connectivity index (χ0v) is 26.7. The van der Waals surface area contributed by atoms with Crippen LogP contribution in [0.1, 0.15) is 66.3 Å². The number of alkyl carbamates (subject to hydrolysis) is 1. The predicted molar refractivity (Wildman–Crippen MR) is 187 cm³/mol. The Morgan fingerprint density at radius 3 is 1.55 bits per heavy atom. The summed E-state index contributed by atoms with van der Waals surface area (Å²) in [5.74, 6) is -1.06. The lowest BCUT2D eigenvalue weighted by Gasteiger charge is -2.31. The van der Waals surface area contributed by atoms with E-state index in [4.69, 9.17) is 10.5 Å². The summed E-state index contributed by atoms with van der Waals surface area (Å²) >= 11 is 0. The lowest BCUT2D eigenvalue weighted by molar-refractivity contribution is -0.139. The molecule has 1 aliphatic carbocycles. The van der Waals surface area contributed by atoms with Gasteiger partial charge in [0.25, 0.3) is 0 Å². The summed E-state index contributed by atoms with van der Waals surface area (Å²) in [5, 5.41) is 11.8. The molecule has 0 bridgehead atoms. The first kappa shape index (κ1) is 33.2. The Morgan fingerprint density at radius 1 is 0.702 bits per heavy atom. The van der Waals surface area contributed by atoms with Crippen LogP contribution in [0.5, 0.6) is 0 Å². The fraction of sp³-hybridized carbons (Fsp3) is 0.220. The van der Waals surface area contributed by atoms with Crippen LogP contribution in [0.25, 0.3) is 11.1 Å². The van der Waals surface area contributed by atoms with Crippen molar-refractivity contribution in [3.8, 4) is 11.1 Å². The summed E-state index contributed by atoms with van der Waals surface area (Å²) < 4.78 is 5.41. The Kier molecular flexibility index (Phi) is 11.2. The highest BCUT2D eigenvalue weighted by molar-refractivity contribution is 5.81. The zero-order chi connectivity index (χ0) is 33.1. The first-order valence-corrected chi connectivity index (χ1v) is 16.2. The van der Waals surface area contributed by atoms with Gasteiger partial charge in [0, 0.05) is 5.92 Å². The van der Waals surface area contributed by atoms with Gasteiger partial charge in [-0.05, 0) is 45.4 Å². The zero-order valence-electron chi connectivity index (χ0n) is 26.7. The topological polar surface area (TPSA) is 102 Å². The van der Waals surface area contributed by atoms with Crippen molar-refractivity contribution in [1.82, 2.24) is 5.32 Å². The molecule has 6 heteroatoms. The molecule has 0 aromatic heterocycles. The Labute approximate surface area is 277 Å². The van der Waals surface area contributed by atoms with E-state index in [9.17, 15) is 14.7 Å². The lowest BCUT2D eigenvalue weighted by Crippen LogP contribution is -2.41. The number of benzene rings is 5. The molecule has 6 rings (SSSR count). The number of ether oxygens (including phenoxy) is 1. The minimum Gasteiger partial charge on any atom is -0.480 e. The number of carbonyl (C=O) groups is 2. The first-order valence-electron chi connectivity index (χ1n) is 16.2. The van der Waals surface area contributed by atoms with Gasteiger partial charge in [-0.3, -0.25) is 0 Å². The number of hydrogen-bond acceptors (Lipinski definition) is 4. The van der Waals surface area contributed by atoms with E-state index in [1.54, 1.807) is 0 Å². The molecule has 4 N–H and O–H groups in total. The molecule has 0 unspecified atom stereocenters. The Balaban J connectivity index is 0.000000193. The molecule has 1 atom stereocenters. The lowest BCUT2D eigenvalue weighted by atomic mass is 9.78. The maximum absolute atomic E-state index is 12.2. The number of carboxylic acids is 1. The molecule has 1 amide bonds. The van der Waals surface area contributed by atoms with E-state index in [0.29, 0.717) is 6.42 Å². The largest absolute Gasteiger partial charge is 0.480 e. The van der Waals surface area contributed by atoms with Gasteiger partial charge in [-0.25, -0.2) is 9.59 Å². The normalized spacial score (nSPS) is 12.6. The number of unbranched alkanes of at least 4 members (excludes halogenated alkanes) is 2. The number of fused-ring (bicyclic) bond motifs is 3. The second kappa shape index (κ2) is 15.9. The van der Waals surface area contributed by atoms with Gasteiger partial charge in [-0.2, -0.15) is 0 Å². The summed E-state index contributed by atoms with van der Waals surface area (Å²) in [4.78, 5) is 23.5. The fourth-order valence-corrected chi connectivity index (χ4v) is 6.24. The summed E-state index contributed by atoms with van der Waals surface area (Å²) in [5.41, 5.74) is 14.1. The Morgan fingerprint density at radius 2 is 1.13 bits per heavy atom. The van der Waals surface area contributed by atoms with Crippen molar-refractivity contribution in [2.75, 3.05) is 6.61 Å². The number of nitrogens with two attached hydrogens (primary N) is 1. The molecule has 5 aromatic rings. The van der Waals surface area contributed by atoms with Crippen LogP contribution in [0.2, 0.25) is 0 Å². The van der Waals surface area contributed by atoms with Crippen molar-refractivity contribution in [2.24, 2.45) is 5.73 Å². The van der Waals surface area contributed by atoms with Crippen LogP contribution in [0, 0.1) is 0 Å². The summed E-state index contributed by atoms with van der Waals surface area (Å²) in [6.45, 7) is 2.23. The number of carbonyl (C=O) groups excluding carboxylic acids is 1. The fourth-order valence-electron chi connectivity index (χ4n) is 6.24. The van der Waals surface area contributed by atoms with Crippen molar-refractivity contribution < 1.29 is 19.4 Å². The van der Waals surface area contributed by atoms with Gasteiger partial charge in [0.2, 0.25) is 0 Å². The van der Waals surface area contributed by atoms with Crippen LogP contribution in [0.3, 0.4) is 0 Å². The number of hydrogen-bond donors (Lipinski definition) is 3. The molecule has 47 heavy (non-hydrogen) atoms. The van der Waals surface area contributed by atoms with E-state index in [0.717, 1.165) is 58.2 Å². The Hall–Kier alpha value is -5.20. The highest BCUT2D eigenvalue weighted by Gasteiger charge is 2.32. The number of amides is 1. The van der Waals surface area contributed by atoms with Gasteiger partial charge in [-0.1, -0.05) is 166 Å². The minimum atomic E-state index is -1.03. The summed E-state index contributed by atoms with van der Waals surface area (Å²) in [6.07, 6.45) is 2.43. The standard InChI is InChI=1S/C22H25NO4.C19H17N/c1-2-3-4-13-20(21(24)25)23-22(26)27-14-19-17-11-7-5-9-15(17)16-10-6-8-12-18(16)19;20-19(16-10-4-1-5-11-16,17-12-6-2-7-13-17)18-14-8-3-9-15-18/h5-12,19-20H,2-4,13-14H2,1H3,(H,23,26)(H,24,25);1-15H,20H2/t20-;/m0./s1. The maximum atomic E-state index is 12.2. The molecule has 240 valence electrons. The minimum absolute atomic E-state index is 0.0356. The average Bonchev–Trinajstić information content (AvgIpc) is 3.45. The van der Waals surface area contributed by atoms with E-state index in [1.165, 1.54) is 0 Å². The number of carboxylic acid groups (broad SMARTS) is 1. The predicted octanol–water partition coefficient (Wildman–Crippen LogP) is 8.50. The molecular formula is C41H42N2O4. The molecule has 5 aromatic carbocycles. The van der Waals surface area contributed by atoms with Gasteiger partial charge >= 0.3 is 12.1 Å². The van der Waals surface area contributed by atoms with Gasteiger partial charge in [-0.15, -0.1) is 0 Å². The van der Waals surface area contributed by atoms with Crippen LogP contribution < -0.4 is 11.1 Å². The van der Waals surface area contributed by atoms with E-state index >= 15 is 0 Å². The van der Waals surface area contributed by atoms with Gasteiger partial charge < -0.3 is 20.9 Å². The SMILES string of the molecule is CCCCC[C@H](NC(=O)OCC1c2ccccc2-c2ccccc21)C(=O)O.NC(c1ccccc1)(c1ccccc1)c1ccccc1. The highest BCUT2D eigenvalue weighted by Crippen LogP contribution is 2.44. The van der Waals surface area contributed by atoms with Crippen molar-refractivity contribution >= 4 is 12.1 Å². The van der Waals surface area contributed by atoms with Crippen LogP contribution in [0.15, 0.2) is 140 Å². The van der Waals surface area contributed by atoms with Crippen molar-refractivity contribution in [2.45, 2.75) is 50.1 Å². The average molecular weight is 627 g/mol. The highest BCUT2D eigenvalue weighted by atomic mass is 16.5. The van der Waals surface area contributed by atoms with Crippen molar-refractivity contribution in [1.29, 1.82) is 0 Å². The molecule has 0 fully saturated rings. The smallest absolute Gasteiger partial charge is 0.407 e. The molecule has 0 saturated heterocycles. The van der Waals surface area contributed by atoms with E-state index in [1.807, 2.05) is 91.0 Å². The summed E-state index contributed by atoms with van der Waals surface area (Å²) in [6, 6.07) is 46.0. The molecule has 0 aliphatic heterocycles. The molecule has 0 heterocycles. The second-order valence-electron chi connectivity index (χ2n) is 11.8. The number of rotatable bonds is 11. The van der Waals surface area contributed by atoms with Crippen LogP contribution in [-0.2, 0) is 15.1 Å². The molecule has 0 spiro atoms. The Bertz CT molecular complexity index is 1600. The molecule has 1 aliphatic rings. The van der Waals surface area contributed by atoms with E-state index in [2.05, 4.69) is 60.8 Å². The van der Waals surface area contributed by atoms with Gasteiger partial charge in [0.15, 0.2) is 0 Å². The quantitative estimate of drug-likeness (QED) is 0.101. The number of aliphatic carboxylic acids is 1. The molecular weight excluding hydrogens is 584 g/mol. The van der Waals surface area contributed by atoms with Crippen molar-refractivity contribution in [3.63, 3.8) is 0 Å². The van der Waals surface area contributed by atoms with Crippen LogP contribution in [0.4, 0.5) is 4.79 Å². The molecule has 0 saturated carbocycles. The van der Waals surface area contributed by atoms with Gasteiger partial charge in [0.05, 0.1) is 5.54 Å². The third kappa shape index (κ3) is 7.79. The second-order valence-corrected chi connectivity index (χ2v) is 11.8. The monoisotopic (exact) mass is 626 g/mol. The van der Waals surface area contributed by atoms with Crippen LogP contribution in [-0.4, -0.2) is 29.8 Å². The molecule has 6 nitrogen and oxygen atoms in total. The maximum Gasteiger partial charge on any atom is 0.407 e. The van der Waals surface area contributed by atoms with Crippen LogP contribution >= 0.6 is 0 Å². The third-order valence-corrected chi connectivity index (χ3v) is 8.72. The van der Waals surface area contributed by atoms with Gasteiger partial charge in [0.1, 0.15) is 12.6 Å². The third-order valence-electron chi connectivity index (χ3n) is 8.72. The van der Waals surface area contributed by atoms with Crippen molar-refractivity contribution in [3.05, 3.63) is 167 Å².